The number of hydrogen-bond donors (Lipinski definition) is 2. The molecule has 2 aliphatic carbocycles. The molecule has 23 heavy (non-hydrogen) atoms. The molecule has 4 heteroatoms. The van der Waals surface area contributed by atoms with Crippen molar-refractivity contribution in [2.24, 2.45) is 23.7 Å². The summed E-state index contributed by atoms with van der Waals surface area (Å²) in [4.78, 5) is 14.7. The zero-order valence-corrected chi connectivity index (χ0v) is 15.0. The van der Waals surface area contributed by atoms with Crippen molar-refractivity contribution in [3.05, 3.63) is 0 Å². The number of piperidine rings is 1. The third-order valence-corrected chi connectivity index (χ3v) is 6.58. The molecule has 4 atom stereocenters. The molecule has 0 spiro atoms. The molecule has 2 N–H and O–H groups in total. The van der Waals surface area contributed by atoms with Crippen LogP contribution < -0.4 is 10.6 Å². The predicted molar refractivity (Wildman–Crippen MR) is 94.3 cm³/mol. The lowest BCUT2D eigenvalue weighted by Crippen LogP contribution is -2.47. The van der Waals surface area contributed by atoms with Crippen LogP contribution in [0.5, 0.6) is 0 Å². The van der Waals surface area contributed by atoms with E-state index in [2.05, 4.69) is 29.4 Å². The second-order valence-electron chi connectivity index (χ2n) is 8.22. The molecule has 2 bridgehead atoms. The highest BCUT2D eigenvalue weighted by Gasteiger charge is 2.42. The molecular formula is C19H35N3O. The number of carbonyl (C=O) groups is 1. The Morgan fingerprint density at radius 1 is 1.17 bits per heavy atom. The smallest absolute Gasteiger partial charge is 0.234 e. The number of amides is 1. The average Bonchev–Trinajstić information content (AvgIpc) is 3.17. The predicted octanol–water partition coefficient (Wildman–Crippen LogP) is 2.25. The van der Waals surface area contributed by atoms with E-state index in [1.807, 2.05) is 0 Å². The lowest BCUT2D eigenvalue weighted by molar-refractivity contribution is -0.123. The van der Waals surface area contributed by atoms with E-state index in [1.54, 1.807) is 0 Å². The Kier molecular flexibility index (Phi) is 5.97. The number of rotatable bonds is 7. The van der Waals surface area contributed by atoms with Gasteiger partial charge in [-0.15, -0.1) is 0 Å². The molecule has 4 nitrogen and oxygen atoms in total. The van der Waals surface area contributed by atoms with E-state index in [-0.39, 0.29) is 5.91 Å². The molecule has 2 saturated carbocycles. The quantitative estimate of drug-likeness (QED) is 0.756. The van der Waals surface area contributed by atoms with Crippen LogP contribution in [0.2, 0.25) is 0 Å². The third kappa shape index (κ3) is 4.48. The van der Waals surface area contributed by atoms with Gasteiger partial charge in [0.2, 0.25) is 5.91 Å². The van der Waals surface area contributed by atoms with Gasteiger partial charge < -0.3 is 10.6 Å². The first-order valence-electron chi connectivity index (χ1n) is 9.88. The van der Waals surface area contributed by atoms with Crippen LogP contribution in [0.4, 0.5) is 0 Å². The fourth-order valence-electron chi connectivity index (χ4n) is 5.21. The first-order valence-corrected chi connectivity index (χ1v) is 9.88. The van der Waals surface area contributed by atoms with Gasteiger partial charge in [0.25, 0.3) is 0 Å². The van der Waals surface area contributed by atoms with Crippen molar-refractivity contribution in [2.45, 2.75) is 58.4 Å². The first kappa shape index (κ1) is 17.2. The third-order valence-electron chi connectivity index (χ3n) is 6.58. The van der Waals surface area contributed by atoms with Crippen LogP contribution in [0.15, 0.2) is 0 Å². The minimum atomic E-state index is 0.241. The maximum absolute atomic E-state index is 12.4. The fraction of sp³-hybridized carbons (Fsp3) is 0.947. The van der Waals surface area contributed by atoms with E-state index in [4.69, 9.17) is 0 Å². The van der Waals surface area contributed by atoms with Crippen molar-refractivity contribution in [1.29, 1.82) is 0 Å². The molecular weight excluding hydrogens is 286 g/mol. The van der Waals surface area contributed by atoms with Gasteiger partial charge in [-0.05, 0) is 88.9 Å². The van der Waals surface area contributed by atoms with Gasteiger partial charge in [0.1, 0.15) is 0 Å². The summed E-state index contributed by atoms with van der Waals surface area (Å²) in [5.74, 6) is 3.62. The van der Waals surface area contributed by atoms with Gasteiger partial charge in [0.15, 0.2) is 0 Å². The summed E-state index contributed by atoms with van der Waals surface area (Å²) in [6, 6.07) is 0.365. The standard InChI is InChI=1S/C19H35N3O/c1-3-20-12-15-6-8-22(9-7-15)13-19(23)21-14(2)18-11-16-4-5-17(18)10-16/h14-18,20H,3-13H2,1-2H3,(H,21,23). The fourth-order valence-corrected chi connectivity index (χ4v) is 5.21. The van der Waals surface area contributed by atoms with Crippen LogP contribution in [0.25, 0.3) is 0 Å². The summed E-state index contributed by atoms with van der Waals surface area (Å²) < 4.78 is 0. The van der Waals surface area contributed by atoms with Gasteiger partial charge in [-0.3, -0.25) is 9.69 Å². The van der Waals surface area contributed by atoms with E-state index < -0.39 is 0 Å². The summed E-state index contributed by atoms with van der Waals surface area (Å²) in [5, 5.41) is 6.75. The maximum Gasteiger partial charge on any atom is 0.234 e. The topological polar surface area (TPSA) is 44.4 Å². The second kappa shape index (κ2) is 7.98. The lowest BCUT2D eigenvalue weighted by atomic mass is 9.84. The van der Waals surface area contributed by atoms with Crippen molar-refractivity contribution in [1.82, 2.24) is 15.5 Å². The van der Waals surface area contributed by atoms with E-state index in [9.17, 15) is 4.79 Å². The molecule has 1 aliphatic heterocycles. The molecule has 0 aromatic carbocycles. The second-order valence-corrected chi connectivity index (χ2v) is 8.22. The monoisotopic (exact) mass is 321 g/mol. The van der Waals surface area contributed by atoms with Crippen LogP contribution in [-0.4, -0.2) is 49.6 Å². The molecule has 3 aliphatic rings. The number of likely N-dealkylation sites (tertiary alicyclic amines) is 1. The van der Waals surface area contributed by atoms with Crippen LogP contribution >= 0.6 is 0 Å². The first-order chi connectivity index (χ1) is 11.2. The van der Waals surface area contributed by atoms with Crippen LogP contribution in [0.1, 0.15) is 52.4 Å². The highest BCUT2D eigenvalue weighted by molar-refractivity contribution is 5.78. The van der Waals surface area contributed by atoms with Gasteiger partial charge in [-0.25, -0.2) is 0 Å². The minimum Gasteiger partial charge on any atom is -0.352 e. The summed E-state index contributed by atoms with van der Waals surface area (Å²) in [5.41, 5.74) is 0. The highest BCUT2D eigenvalue weighted by atomic mass is 16.2. The Morgan fingerprint density at radius 2 is 1.96 bits per heavy atom. The molecule has 3 fully saturated rings. The van der Waals surface area contributed by atoms with Crippen molar-refractivity contribution < 1.29 is 4.79 Å². The van der Waals surface area contributed by atoms with Gasteiger partial charge in [0, 0.05) is 6.04 Å². The van der Waals surface area contributed by atoms with E-state index in [1.165, 1.54) is 38.5 Å². The average molecular weight is 322 g/mol. The van der Waals surface area contributed by atoms with Crippen molar-refractivity contribution in [3.8, 4) is 0 Å². The highest BCUT2D eigenvalue weighted by Crippen LogP contribution is 2.49. The lowest BCUT2D eigenvalue weighted by Gasteiger charge is -2.33. The van der Waals surface area contributed by atoms with E-state index in [0.29, 0.717) is 12.6 Å². The molecule has 1 amide bonds. The SMILES string of the molecule is CCNCC1CCN(CC(=O)NC(C)C2CC3CCC2C3)CC1. The summed E-state index contributed by atoms with van der Waals surface area (Å²) in [6.45, 7) is 9.33. The molecule has 1 heterocycles. The number of hydrogen-bond acceptors (Lipinski definition) is 3. The molecule has 4 unspecified atom stereocenters. The molecule has 132 valence electrons. The van der Waals surface area contributed by atoms with Crippen molar-refractivity contribution in [3.63, 3.8) is 0 Å². The van der Waals surface area contributed by atoms with Gasteiger partial charge >= 0.3 is 0 Å². The minimum absolute atomic E-state index is 0.241. The van der Waals surface area contributed by atoms with Gasteiger partial charge in [-0.1, -0.05) is 13.3 Å². The number of carbonyl (C=O) groups excluding carboxylic acids is 1. The summed E-state index contributed by atoms with van der Waals surface area (Å²) in [7, 11) is 0. The molecule has 1 saturated heterocycles. The Morgan fingerprint density at radius 3 is 2.57 bits per heavy atom. The maximum atomic E-state index is 12.4. The Hall–Kier alpha value is -0.610. The Labute approximate surface area is 141 Å². The van der Waals surface area contributed by atoms with Gasteiger partial charge in [-0.2, -0.15) is 0 Å². The van der Waals surface area contributed by atoms with Crippen LogP contribution in [0, 0.1) is 23.7 Å². The van der Waals surface area contributed by atoms with Crippen molar-refractivity contribution >= 4 is 5.91 Å². The van der Waals surface area contributed by atoms with Crippen molar-refractivity contribution in [2.75, 3.05) is 32.7 Å². The number of fused-ring (bicyclic) bond motifs is 2. The summed E-state index contributed by atoms with van der Waals surface area (Å²) in [6.07, 6.45) is 8.05. The summed E-state index contributed by atoms with van der Waals surface area (Å²) >= 11 is 0. The molecule has 0 radical (unpaired) electrons. The Balaban J connectivity index is 1.35. The number of nitrogens with zero attached hydrogens (tertiary/aromatic N) is 1. The largest absolute Gasteiger partial charge is 0.352 e. The van der Waals surface area contributed by atoms with E-state index >= 15 is 0 Å². The van der Waals surface area contributed by atoms with E-state index in [0.717, 1.165) is 49.9 Å². The molecule has 0 aromatic heterocycles. The molecule has 3 rings (SSSR count). The zero-order chi connectivity index (χ0) is 16.2. The van der Waals surface area contributed by atoms with Crippen LogP contribution in [0.3, 0.4) is 0 Å². The number of nitrogens with one attached hydrogen (secondary N) is 2. The zero-order valence-electron chi connectivity index (χ0n) is 15.0. The normalized spacial score (nSPS) is 33.0. The molecule has 0 aromatic rings. The van der Waals surface area contributed by atoms with Crippen LogP contribution in [-0.2, 0) is 4.79 Å². The Bertz CT molecular complexity index is 392. The van der Waals surface area contributed by atoms with Gasteiger partial charge in [0.05, 0.1) is 6.54 Å².